The summed E-state index contributed by atoms with van der Waals surface area (Å²) in [5, 5.41) is 3.01. The van der Waals surface area contributed by atoms with Crippen molar-refractivity contribution in [3.8, 4) is 0 Å². The van der Waals surface area contributed by atoms with Crippen molar-refractivity contribution in [2.45, 2.75) is 30.1 Å². The Morgan fingerprint density at radius 2 is 1.95 bits per heavy atom. The summed E-state index contributed by atoms with van der Waals surface area (Å²) in [6.07, 6.45) is 0. The van der Waals surface area contributed by atoms with Gasteiger partial charge in [0.25, 0.3) is 0 Å². The van der Waals surface area contributed by atoms with Gasteiger partial charge < -0.3 is 10.2 Å². The van der Waals surface area contributed by atoms with E-state index in [9.17, 15) is 8.42 Å². The minimum atomic E-state index is -3.41. The number of hydrogen-bond donors (Lipinski definition) is 2. The average Bonchev–Trinajstić information content (AvgIpc) is 2.76. The number of likely N-dealkylation sites (N-methyl/N-ethyl adjacent to an activating group) is 1. The second-order valence-electron chi connectivity index (χ2n) is 5.28. The van der Waals surface area contributed by atoms with E-state index < -0.39 is 10.0 Å². The molecule has 0 bridgehead atoms. The first kappa shape index (κ1) is 16.6. The van der Waals surface area contributed by atoms with Crippen molar-refractivity contribution in [3.05, 3.63) is 17.0 Å². The molecule has 110 valence electrons. The van der Waals surface area contributed by atoms with Gasteiger partial charge >= 0.3 is 0 Å². The topological polar surface area (TPSA) is 61.4 Å². The molecule has 0 aliphatic carbocycles. The molecule has 0 spiro atoms. The lowest BCUT2D eigenvalue weighted by atomic mass is 10.1. The summed E-state index contributed by atoms with van der Waals surface area (Å²) in [6.45, 7) is 5.05. The van der Waals surface area contributed by atoms with Crippen molar-refractivity contribution in [2.75, 3.05) is 27.7 Å². The molecular weight excluding hydrogens is 282 g/mol. The molecule has 2 N–H and O–H groups in total. The van der Waals surface area contributed by atoms with Gasteiger partial charge in [0.15, 0.2) is 0 Å². The molecule has 1 rings (SSSR count). The van der Waals surface area contributed by atoms with Crippen molar-refractivity contribution in [1.29, 1.82) is 0 Å². The van der Waals surface area contributed by atoms with Gasteiger partial charge in [-0.15, -0.1) is 11.3 Å². The van der Waals surface area contributed by atoms with Crippen LogP contribution in [0.15, 0.2) is 16.3 Å². The summed E-state index contributed by atoms with van der Waals surface area (Å²) in [7, 11) is 2.30. The first-order valence-corrected chi connectivity index (χ1v) is 8.39. The standard InChI is InChI=1S/C12H23N3O2S2/c1-12(2,15(4)5)9-14-19(16,17)11-7-6-10(18-11)8-13-3/h6-7,13-14H,8-9H2,1-5H3. The van der Waals surface area contributed by atoms with Gasteiger partial charge in [0.05, 0.1) is 0 Å². The fourth-order valence-corrected chi connectivity index (χ4v) is 3.89. The van der Waals surface area contributed by atoms with E-state index in [2.05, 4.69) is 10.0 Å². The van der Waals surface area contributed by atoms with E-state index in [1.807, 2.05) is 46.0 Å². The summed E-state index contributed by atoms with van der Waals surface area (Å²) in [5.74, 6) is 0. The van der Waals surface area contributed by atoms with Gasteiger partial charge in [-0.1, -0.05) is 0 Å². The van der Waals surface area contributed by atoms with Crippen LogP contribution in [0.4, 0.5) is 0 Å². The molecule has 0 saturated heterocycles. The molecule has 0 saturated carbocycles. The maximum atomic E-state index is 12.2. The third kappa shape index (κ3) is 4.54. The molecule has 0 aliphatic heterocycles. The van der Waals surface area contributed by atoms with Crippen LogP contribution in [0.3, 0.4) is 0 Å². The third-order valence-corrected chi connectivity index (χ3v) is 6.14. The highest BCUT2D eigenvalue weighted by molar-refractivity contribution is 7.91. The normalized spacial score (nSPS) is 13.2. The fourth-order valence-electron chi connectivity index (χ4n) is 1.27. The SMILES string of the molecule is CNCc1ccc(S(=O)(=O)NCC(C)(C)N(C)C)s1. The van der Waals surface area contributed by atoms with E-state index in [0.29, 0.717) is 17.3 Å². The smallest absolute Gasteiger partial charge is 0.250 e. The number of rotatable bonds is 7. The van der Waals surface area contributed by atoms with E-state index in [0.717, 1.165) is 4.88 Å². The fraction of sp³-hybridized carbons (Fsp3) is 0.667. The molecule has 1 aromatic rings. The monoisotopic (exact) mass is 305 g/mol. The van der Waals surface area contributed by atoms with Crippen LogP contribution in [0, 0.1) is 0 Å². The molecule has 19 heavy (non-hydrogen) atoms. The van der Waals surface area contributed by atoms with Gasteiger partial charge in [-0.05, 0) is 47.1 Å². The second-order valence-corrected chi connectivity index (χ2v) is 8.44. The number of nitrogens with one attached hydrogen (secondary N) is 2. The molecular formula is C12H23N3O2S2. The van der Waals surface area contributed by atoms with Crippen LogP contribution in [0.2, 0.25) is 0 Å². The molecule has 7 heteroatoms. The number of thiophene rings is 1. The molecule has 0 atom stereocenters. The zero-order valence-corrected chi connectivity index (χ0v) is 13.8. The molecule has 0 unspecified atom stereocenters. The van der Waals surface area contributed by atoms with Crippen LogP contribution in [0.25, 0.3) is 0 Å². The second kappa shape index (κ2) is 6.32. The first-order valence-electron chi connectivity index (χ1n) is 6.09. The van der Waals surface area contributed by atoms with E-state index in [-0.39, 0.29) is 5.54 Å². The van der Waals surface area contributed by atoms with Crippen LogP contribution >= 0.6 is 11.3 Å². The molecule has 0 radical (unpaired) electrons. The van der Waals surface area contributed by atoms with Crippen molar-refractivity contribution < 1.29 is 8.42 Å². The van der Waals surface area contributed by atoms with Gasteiger partial charge in [-0.25, -0.2) is 13.1 Å². The van der Waals surface area contributed by atoms with Crippen LogP contribution in [0.5, 0.6) is 0 Å². The molecule has 5 nitrogen and oxygen atoms in total. The van der Waals surface area contributed by atoms with Crippen molar-refractivity contribution in [1.82, 2.24) is 14.9 Å². The predicted octanol–water partition coefficient (Wildman–Crippen LogP) is 1.09. The Balaban J connectivity index is 2.75. The quantitative estimate of drug-likeness (QED) is 0.791. The zero-order chi connectivity index (χ0) is 14.7. The number of hydrogen-bond acceptors (Lipinski definition) is 5. The molecule has 0 aromatic carbocycles. The highest BCUT2D eigenvalue weighted by Crippen LogP contribution is 2.21. The maximum absolute atomic E-state index is 12.2. The van der Waals surface area contributed by atoms with Crippen molar-refractivity contribution in [3.63, 3.8) is 0 Å². The van der Waals surface area contributed by atoms with Crippen molar-refractivity contribution in [2.24, 2.45) is 0 Å². The van der Waals surface area contributed by atoms with Crippen molar-refractivity contribution >= 4 is 21.4 Å². The summed E-state index contributed by atoms with van der Waals surface area (Å²) >= 11 is 1.30. The minimum absolute atomic E-state index is 0.224. The lowest BCUT2D eigenvalue weighted by Crippen LogP contribution is -2.47. The number of sulfonamides is 1. The molecule has 1 aromatic heterocycles. The predicted molar refractivity (Wildman–Crippen MR) is 80.0 cm³/mol. The highest BCUT2D eigenvalue weighted by Gasteiger charge is 2.24. The Kier molecular flexibility index (Phi) is 5.52. The summed E-state index contributed by atoms with van der Waals surface area (Å²) in [4.78, 5) is 3.01. The average molecular weight is 305 g/mol. The van der Waals surface area contributed by atoms with Gasteiger partial charge in [-0.3, -0.25) is 0 Å². The Labute approximate surface area is 120 Å². The molecule has 1 heterocycles. The first-order chi connectivity index (χ1) is 8.69. The highest BCUT2D eigenvalue weighted by atomic mass is 32.2. The molecule has 0 fully saturated rings. The summed E-state index contributed by atoms with van der Waals surface area (Å²) < 4.78 is 27.4. The number of nitrogens with zero attached hydrogens (tertiary/aromatic N) is 1. The molecule has 0 aliphatic rings. The summed E-state index contributed by atoms with van der Waals surface area (Å²) in [5.41, 5.74) is -0.224. The summed E-state index contributed by atoms with van der Waals surface area (Å²) in [6, 6.07) is 3.50. The van der Waals surface area contributed by atoms with Gasteiger partial charge in [-0.2, -0.15) is 0 Å². The third-order valence-electron chi connectivity index (χ3n) is 3.16. The Morgan fingerprint density at radius 1 is 1.32 bits per heavy atom. The van der Waals surface area contributed by atoms with Gasteiger partial charge in [0.2, 0.25) is 10.0 Å². The lowest BCUT2D eigenvalue weighted by molar-refractivity contribution is 0.199. The Morgan fingerprint density at radius 3 is 2.47 bits per heavy atom. The van der Waals surface area contributed by atoms with E-state index in [1.165, 1.54) is 11.3 Å². The largest absolute Gasteiger partial charge is 0.315 e. The van der Waals surface area contributed by atoms with Crippen LogP contribution in [-0.2, 0) is 16.6 Å². The van der Waals surface area contributed by atoms with E-state index in [4.69, 9.17) is 0 Å². The lowest BCUT2D eigenvalue weighted by Gasteiger charge is -2.32. The maximum Gasteiger partial charge on any atom is 0.250 e. The van der Waals surface area contributed by atoms with Gasteiger partial charge in [0.1, 0.15) is 4.21 Å². The minimum Gasteiger partial charge on any atom is -0.315 e. The van der Waals surface area contributed by atoms with Crippen LogP contribution < -0.4 is 10.0 Å². The van der Waals surface area contributed by atoms with Gasteiger partial charge in [0, 0.05) is 23.5 Å². The van der Waals surface area contributed by atoms with E-state index >= 15 is 0 Å². The van der Waals surface area contributed by atoms with Crippen LogP contribution in [0.1, 0.15) is 18.7 Å². The zero-order valence-electron chi connectivity index (χ0n) is 12.1. The van der Waals surface area contributed by atoms with Crippen LogP contribution in [-0.4, -0.2) is 46.5 Å². The Bertz CT molecular complexity index is 507. The van der Waals surface area contributed by atoms with E-state index in [1.54, 1.807) is 6.07 Å². The Hall–Kier alpha value is -0.470. The molecule has 0 amide bonds.